The Hall–Kier alpha value is -2.33. The molecule has 2 N–H and O–H groups in total. The van der Waals surface area contributed by atoms with Crippen LogP contribution in [0.2, 0.25) is 0 Å². The summed E-state index contributed by atoms with van der Waals surface area (Å²) in [7, 11) is 0. The number of amides is 1. The number of nitrogens with one attached hydrogen (secondary N) is 1. The normalized spacial score (nSPS) is 11.7. The predicted octanol–water partition coefficient (Wildman–Crippen LogP) is 2.44. The van der Waals surface area contributed by atoms with Gasteiger partial charge in [0.05, 0.1) is 6.10 Å². The number of hydrogen-bond acceptors (Lipinski definition) is 3. The lowest BCUT2D eigenvalue weighted by Crippen LogP contribution is -2.28. The smallest absolute Gasteiger partial charge is 0.258 e. The van der Waals surface area contributed by atoms with Gasteiger partial charge >= 0.3 is 0 Å². The SMILES string of the molecule is C[C@@H](O)c1ccc(OCC(=O)NCc2ccccc2)cc1. The Morgan fingerprint density at radius 1 is 1.14 bits per heavy atom. The van der Waals surface area contributed by atoms with Crippen LogP contribution in [0.15, 0.2) is 54.6 Å². The fourth-order valence-corrected chi connectivity index (χ4v) is 1.84. The van der Waals surface area contributed by atoms with Crippen molar-refractivity contribution in [3.05, 3.63) is 65.7 Å². The van der Waals surface area contributed by atoms with E-state index in [2.05, 4.69) is 5.32 Å². The second kappa shape index (κ2) is 7.45. The molecule has 1 atom stereocenters. The number of aliphatic hydroxyl groups excluding tert-OH is 1. The summed E-state index contributed by atoms with van der Waals surface area (Å²) in [6.45, 7) is 2.16. The first-order valence-electron chi connectivity index (χ1n) is 6.86. The number of carbonyl (C=O) groups excluding carboxylic acids is 1. The zero-order valence-corrected chi connectivity index (χ0v) is 12.0. The van der Waals surface area contributed by atoms with Crippen molar-refractivity contribution < 1.29 is 14.6 Å². The van der Waals surface area contributed by atoms with Crippen molar-refractivity contribution in [3.8, 4) is 5.75 Å². The van der Waals surface area contributed by atoms with Crippen LogP contribution in [0.3, 0.4) is 0 Å². The molecular formula is C17H19NO3. The summed E-state index contributed by atoms with van der Waals surface area (Å²) >= 11 is 0. The van der Waals surface area contributed by atoms with Gasteiger partial charge < -0.3 is 15.2 Å². The highest BCUT2D eigenvalue weighted by Crippen LogP contribution is 2.17. The van der Waals surface area contributed by atoms with Gasteiger partial charge in [-0.05, 0) is 30.2 Å². The molecule has 0 aliphatic carbocycles. The molecule has 0 aromatic heterocycles. The molecule has 4 heteroatoms. The lowest BCUT2D eigenvalue weighted by atomic mass is 10.1. The lowest BCUT2D eigenvalue weighted by molar-refractivity contribution is -0.123. The van der Waals surface area contributed by atoms with Crippen LogP contribution in [0, 0.1) is 0 Å². The van der Waals surface area contributed by atoms with Crippen molar-refractivity contribution in [2.45, 2.75) is 19.6 Å². The van der Waals surface area contributed by atoms with Crippen LogP contribution < -0.4 is 10.1 Å². The monoisotopic (exact) mass is 285 g/mol. The van der Waals surface area contributed by atoms with Crippen molar-refractivity contribution in [2.24, 2.45) is 0 Å². The maximum Gasteiger partial charge on any atom is 0.258 e. The largest absolute Gasteiger partial charge is 0.484 e. The number of aliphatic hydroxyl groups is 1. The molecule has 2 rings (SSSR count). The van der Waals surface area contributed by atoms with Crippen LogP contribution in [0.1, 0.15) is 24.2 Å². The maximum atomic E-state index is 11.7. The van der Waals surface area contributed by atoms with Crippen LogP contribution in [0.4, 0.5) is 0 Å². The fraction of sp³-hybridized carbons (Fsp3) is 0.235. The Bertz CT molecular complexity index is 564. The average molecular weight is 285 g/mol. The van der Waals surface area contributed by atoms with Crippen molar-refractivity contribution in [3.63, 3.8) is 0 Å². The predicted molar refractivity (Wildman–Crippen MR) is 80.9 cm³/mol. The molecule has 0 saturated heterocycles. The third-order valence-corrected chi connectivity index (χ3v) is 3.06. The molecule has 0 radical (unpaired) electrons. The molecule has 2 aromatic carbocycles. The van der Waals surface area contributed by atoms with Gasteiger partial charge in [-0.2, -0.15) is 0 Å². The van der Waals surface area contributed by atoms with Crippen molar-refractivity contribution in [1.82, 2.24) is 5.32 Å². The Kier molecular flexibility index (Phi) is 5.35. The number of carbonyl (C=O) groups is 1. The number of benzene rings is 2. The summed E-state index contributed by atoms with van der Waals surface area (Å²) in [4.78, 5) is 11.7. The third kappa shape index (κ3) is 4.93. The average Bonchev–Trinajstić information content (AvgIpc) is 2.52. The number of rotatable bonds is 6. The molecule has 1 amide bonds. The second-order valence-corrected chi connectivity index (χ2v) is 4.80. The van der Waals surface area contributed by atoms with Gasteiger partial charge in [-0.15, -0.1) is 0 Å². The van der Waals surface area contributed by atoms with Crippen molar-refractivity contribution >= 4 is 5.91 Å². The van der Waals surface area contributed by atoms with E-state index in [1.807, 2.05) is 30.3 Å². The van der Waals surface area contributed by atoms with Gasteiger partial charge in [-0.1, -0.05) is 42.5 Å². The van der Waals surface area contributed by atoms with E-state index in [1.54, 1.807) is 31.2 Å². The molecule has 110 valence electrons. The highest BCUT2D eigenvalue weighted by molar-refractivity contribution is 5.77. The molecule has 0 aliphatic heterocycles. The Balaban J connectivity index is 1.76. The van der Waals surface area contributed by atoms with E-state index in [0.717, 1.165) is 11.1 Å². The first-order valence-corrected chi connectivity index (χ1v) is 6.86. The molecule has 0 aliphatic rings. The van der Waals surface area contributed by atoms with E-state index >= 15 is 0 Å². The van der Waals surface area contributed by atoms with Crippen LogP contribution in [0.25, 0.3) is 0 Å². The molecule has 0 spiro atoms. The molecule has 2 aromatic rings. The molecule has 0 saturated carbocycles. The maximum absolute atomic E-state index is 11.7. The molecule has 21 heavy (non-hydrogen) atoms. The van der Waals surface area contributed by atoms with Gasteiger partial charge in [0.15, 0.2) is 6.61 Å². The van der Waals surface area contributed by atoms with Gasteiger partial charge in [0, 0.05) is 6.54 Å². The van der Waals surface area contributed by atoms with Crippen molar-refractivity contribution in [2.75, 3.05) is 6.61 Å². The minimum absolute atomic E-state index is 0.0269. The first-order chi connectivity index (χ1) is 10.1. The van der Waals surface area contributed by atoms with E-state index in [0.29, 0.717) is 12.3 Å². The van der Waals surface area contributed by atoms with Gasteiger partial charge in [0.1, 0.15) is 5.75 Å². The minimum atomic E-state index is -0.506. The standard InChI is InChI=1S/C17H19NO3/c1-13(19)15-7-9-16(10-8-15)21-12-17(20)18-11-14-5-3-2-4-6-14/h2-10,13,19H,11-12H2,1H3,(H,18,20)/t13-/m1/s1. The van der Waals surface area contributed by atoms with Crippen LogP contribution in [-0.4, -0.2) is 17.6 Å². The summed E-state index contributed by atoms with van der Waals surface area (Å²) in [6, 6.07) is 16.8. The quantitative estimate of drug-likeness (QED) is 0.857. The zero-order chi connectivity index (χ0) is 15.1. The summed E-state index contributed by atoms with van der Waals surface area (Å²) in [5.41, 5.74) is 1.86. The van der Waals surface area contributed by atoms with Crippen LogP contribution >= 0.6 is 0 Å². The van der Waals surface area contributed by atoms with E-state index in [1.165, 1.54) is 0 Å². The van der Waals surface area contributed by atoms with Crippen molar-refractivity contribution in [1.29, 1.82) is 0 Å². The number of hydrogen-bond donors (Lipinski definition) is 2. The Morgan fingerprint density at radius 2 is 1.81 bits per heavy atom. The van der Waals surface area contributed by atoms with Gasteiger partial charge in [-0.3, -0.25) is 4.79 Å². The molecule has 4 nitrogen and oxygen atoms in total. The summed E-state index contributed by atoms with van der Waals surface area (Å²) in [6.07, 6.45) is -0.506. The molecule has 0 heterocycles. The Labute approximate surface area is 124 Å². The first kappa shape index (κ1) is 15.1. The van der Waals surface area contributed by atoms with Crippen LogP contribution in [-0.2, 0) is 11.3 Å². The molecule has 0 unspecified atom stereocenters. The lowest BCUT2D eigenvalue weighted by Gasteiger charge is -2.09. The summed E-state index contributed by atoms with van der Waals surface area (Å²) in [5.74, 6) is 0.438. The third-order valence-electron chi connectivity index (χ3n) is 3.06. The summed E-state index contributed by atoms with van der Waals surface area (Å²) in [5, 5.41) is 12.2. The molecular weight excluding hydrogens is 266 g/mol. The highest BCUT2D eigenvalue weighted by Gasteiger charge is 2.04. The van der Waals surface area contributed by atoms with E-state index in [-0.39, 0.29) is 12.5 Å². The van der Waals surface area contributed by atoms with Gasteiger partial charge in [0.2, 0.25) is 0 Å². The van der Waals surface area contributed by atoms with Gasteiger partial charge in [0.25, 0.3) is 5.91 Å². The van der Waals surface area contributed by atoms with E-state index in [4.69, 9.17) is 4.74 Å². The second-order valence-electron chi connectivity index (χ2n) is 4.80. The minimum Gasteiger partial charge on any atom is -0.484 e. The molecule has 0 bridgehead atoms. The van der Waals surface area contributed by atoms with Gasteiger partial charge in [-0.25, -0.2) is 0 Å². The van der Waals surface area contributed by atoms with E-state index in [9.17, 15) is 9.90 Å². The van der Waals surface area contributed by atoms with E-state index < -0.39 is 6.10 Å². The Morgan fingerprint density at radius 3 is 2.43 bits per heavy atom. The number of ether oxygens (including phenoxy) is 1. The van der Waals surface area contributed by atoms with Crippen LogP contribution in [0.5, 0.6) is 5.75 Å². The topological polar surface area (TPSA) is 58.6 Å². The zero-order valence-electron chi connectivity index (χ0n) is 12.0. The summed E-state index contributed by atoms with van der Waals surface area (Å²) < 4.78 is 5.40. The molecule has 0 fully saturated rings. The fourth-order valence-electron chi connectivity index (χ4n) is 1.84. The highest BCUT2D eigenvalue weighted by atomic mass is 16.5.